The molecule has 0 aromatic carbocycles. The first-order valence-electron chi connectivity index (χ1n) is 8.67. The predicted octanol–water partition coefficient (Wildman–Crippen LogP) is 2.58. The molecule has 0 saturated carbocycles. The molecule has 0 spiro atoms. The molecule has 134 valence electrons. The number of esters is 1. The van der Waals surface area contributed by atoms with E-state index in [1.165, 1.54) is 38.5 Å². The van der Waals surface area contributed by atoms with Crippen molar-refractivity contribution in [2.75, 3.05) is 13.2 Å². The summed E-state index contributed by atoms with van der Waals surface area (Å²) in [5.41, 5.74) is 0. The Bertz CT molecular complexity index is 379. The number of aliphatic hydroxyl groups excluding tert-OH is 3. The van der Waals surface area contributed by atoms with E-state index in [4.69, 9.17) is 14.6 Å². The zero-order valence-electron chi connectivity index (χ0n) is 14.0. The van der Waals surface area contributed by atoms with Crippen LogP contribution in [0.2, 0.25) is 0 Å². The average Bonchev–Trinajstić information content (AvgIpc) is 2.83. The highest BCUT2D eigenvalue weighted by molar-refractivity contribution is 5.89. The fourth-order valence-electron chi connectivity index (χ4n) is 2.53. The minimum atomic E-state index is -1.34. The normalized spacial score (nSPS) is 19.1. The molecule has 6 nitrogen and oxygen atoms in total. The highest BCUT2D eigenvalue weighted by Crippen LogP contribution is 2.24. The van der Waals surface area contributed by atoms with Gasteiger partial charge in [0.1, 0.15) is 6.10 Å². The van der Waals surface area contributed by atoms with Crippen LogP contribution in [-0.2, 0) is 14.3 Å². The van der Waals surface area contributed by atoms with Crippen molar-refractivity contribution in [3.05, 3.63) is 11.5 Å². The van der Waals surface area contributed by atoms with Gasteiger partial charge in [-0.2, -0.15) is 0 Å². The first-order chi connectivity index (χ1) is 11.1. The van der Waals surface area contributed by atoms with E-state index in [2.05, 4.69) is 6.92 Å². The second-order valence-electron chi connectivity index (χ2n) is 5.97. The standard InChI is InChI=1S/C17H30O6/c1-2-3-4-5-6-7-8-9-10-11-22-16-14(20)15(13(19)12-18)23-17(16)21/h13,15,18-20H,2-12H2,1H3/t13-,15+/m0/s1. The summed E-state index contributed by atoms with van der Waals surface area (Å²) in [6, 6.07) is 0. The smallest absolute Gasteiger partial charge is 0.378 e. The van der Waals surface area contributed by atoms with Gasteiger partial charge in [0, 0.05) is 0 Å². The first-order valence-corrected chi connectivity index (χ1v) is 8.67. The topological polar surface area (TPSA) is 96.2 Å². The molecule has 0 aromatic heterocycles. The van der Waals surface area contributed by atoms with Crippen molar-refractivity contribution in [1.82, 2.24) is 0 Å². The summed E-state index contributed by atoms with van der Waals surface area (Å²) in [6.45, 7) is 1.93. The van der Waals surface area contributed by atoms with Crippen molar-refractivity contribution < 1.29 is 29.6 Å². The van der Waals surface area contributed by atoms with Gasteiger partial charge in [0.2, 0.25) is 5.76 Å². The maximum atomic E-state index is 11.5. The lowest BCUT2D eigenvalue weighted by Crippen LogP contribution is -2.31. The molecule has 2 atom stereocenters. The number of hydrogen-bond acceptors (Lipinski definition) is 6. The molecule has 3 N–H and O–H groups in total. The van der Waals surface area contributed by atoms with Crippen molar-refractivity contribution in [3.63, 3.8) is 0 Å². The third-order valence-electron chi connectivity index (χ3n) is 3.95. The summed E-state index contributed by atoms with van der Waals surface area (Å²) in [5, 5.41) is 28.1. The molecule has 0 amide bonds. The molecule has 6 heteroatoms. The number of aliphatic hydroxyl groups is 3. The summed E-state index contributed by atoms with van der Waals surface area (Å²) in [4.78, 5) is 11.5. The van der Waals surface area contributed by atoms with Crippen LogP contribution in [0.3, 0.4) is 0 Å². The van der Waals surface area contributed by atoms with E-state index in [1.54, 1.807) is 0 Å². The van der Waals surface area contributed by atoms with Crippen LogP contribution in [0.5, 0.6) is 0 Å². The third kappa shape index (κ3) is 6.79. The third-order valence-corrected chi connectivity index (χ3v) is 3.95. The monoisotopic (exact) mass is 330 g/mol. The molecular weight excluding hydrogens is 300 g/mol. The Morgan fingerprint density at radius 3 is 2.22 bits per heavy atom. The zero-order chi connectivity index (χ0) is 17.1. The van der Waals surface area contributed by atoms with Gasteiger partial charge in [-0.1, -0.05) is 58.3 Å². The van der Waals surface area contributed by atoms with Gasteiger partial charge in [-0.3, -0.25) is 0 Å². The number of ether oxygens (including phenoxy) is 2. The summed E-state index contributed by atoms with van der Waals surface area (Å²) in [6.07, 6.45) is 8.04. The molecule has 1 rings (SSSR count). The second-order valence-corrected chi connectivity index (χ2v) is 5.97. The van der Waals surface area contributed by atoms with Crippen LogP contribution in [0, 0.1) is 0 Å². The average molecular weight is 330 g/mol. The van der Waals surface area contributed by atoms with E-state index in [1.807, 2.05) is 0 Å². The molecular formula is C17H30O6. The van der Waals surface area contributed by atoms with Crippen LogP contribution in [-0.4, -0.2) is 46.7 Å². The highest BCUT2D eigenvalue weighted by atomic mass is 16.6. The zero-order valence-corrected chi connectivity index (χ0v) is 14.0. The second kappa shape index (κ2) is 11.3. The van der Waals surface area contributed by atoms with Gasteiger partial charge in [-0.25, -0.2) is 4.79 Å². The Hall–Kier alpha value is -1.27. The first kappa shape index (κ1) is 19.8. The van der Waals surface area contributed by atoms with Crippen LogP contribution in [0.25, 0.3) is 0 Å². The van der Waals surface area contributed by atoms with E-state index in [-0.39, 0.29) is 5.76 Å². The minimum absolute atomic E-state index is 0.248. The highest BCUT2D eigenvalue weighted by Gasteiger charge is 2.40. The van der Waals surface area contributed by atoms with E-state index < -0.39 is 30.5 Å². The number of carbonyl (C=O) groups is 1. The summed E-state index contributed by atoms with van der Waals surface area (Å²) >= 11 is 0. The van der Waals surface area contributed by atoms with E-state index in [0.717, 1.165) is 19.3 Å². The van der Waals surface area contributed by atoms with Gasteiger partial charge >= 0.3 is 5.97 Å². The lowest BCUT2D eigenvalue weighted by molar-refractivity contribution is -0.148. The SMILES string of the molecule is CCCCCCCCCCCOC1=C(O)[C@@H]([C@@H](O)CO)OC1=O. The molecule has 1 aliphatic rings. The molecule has 0 aliphatic carbocycles. The molecule has 0 radical (unpaired) electrons. The molecule has 0 aromatic rings. The van der Waals surface area contributed by atoms with Gasteiger partial charge < -0.3 is 24.8 Å². The van der Waals surface area contributed by atoms with Crippen LogP contribution in [0.15, 0.2) is 11.5 Å². The molecule has 1 aliphatic heterocycles. The Labute approximate surface area is 138 Å². The van der Waals surface area contributed by atoms with E-state index in [9.17, 15) is 15.0 Å². The number of rotatable bonds is 13. The maximum Gasteiger partial charge on any atom is 0.378 e. The molecule has 0 saturated heterocycles. The van der Waals surface area contributed by atoms with Crippen molar-refractivity contribution >= 4 is 5.97 Å². The Morgan fingerprint density at radius 1 is 1.09 bits per heavy atom. The van der Waals surface area contributed by atoms with E-state index in [0.29, 0.717) is 6.61 Å². The van der Waals surface area contributed by atoms with Gasteiger partial charge in [0.25, 0.3) is 0 Å². The van der Waals surface area contributed by atoms with Gasteiger partial charge in [0.05, 0.1) is 13.2 Å². The van der Waals surface area contributed by atoms with Crippen LogP contribution >= 0.6 is 0 Å². The van der Waals surface area contributed by atoms with Gasteiger partial charge in [-0.05, 0) is 6.42 Å². The fraction of sp³-hybridized carbons (Fsp3) is 0.824. The van der Waals surface area contributed by atoms with Crippen molar-refractivity contribution in [3.8, 4) is 0 Å². The lowest BCUT2D eigenvalue weighted by Gasteiger charge is -2.13. The van der Waals surface area contributed by atoms with Gasteiger partial charge in [0.15, 0.2) is 11.9 Å². The van der Waals surface area contributed by atoms with Crippen LogP contribution in [0.1, 0.15) is 64.7 Å². The Morgan fingerprint density at radius 2 is 1.65 bits per heavy atom. The maximum absolute atomic E-state index is 11.5. The predicted molar refractivity (Wildman–Crippen MR) is 85.8 cm³/mol. The van der Waals surface area contributed by atoms with Crippen molar-refractivity contribution in [2.45, 2.75) is 76.9 Å². The van der Waals surface area contributed by atoms with Gasteiger partial charge in [-0.15, -0.1) is 0 Å². The number of hydrogen-bond donors (Lipinski definition) is 3. The number of cyclic esters (lactones) is 1. The largest absolute Gasteiger partial charge is 0.505 e. The van der Waals surface area contributed by atoms with E-state index >= 15 is 0 Å². The molecule has 1 heterocycles. The van der Waals surface area contributed by atoms with Crippen molar-refractivity contribution in [1.29, 1.82) is 0 Å². The minimum Gasteiger partial charge on any atom is -0.505 e. The Balaban J connectivity index is 2.13. The van der Waals surface area contributed by atoms with Crippen LogP contribution < -0.4 is 0 Å². The number of unbranched alkanes of at least 4 members (excludes halogenated alkanes) is 8. The summed E-state index contributed by atoms with van der Waals surface area (Å²) in [7, 11) is 0. The fourth-order valence-corrected chi connectivity index (χ4v) is 2.53. The quantitative estimate of drug-likeness (QED) is 0.355. The molecule has 23 heavy (non-hydrogen) atoms. The molecule has 0 unspecified atom stereocenters. The molecule has 0 fully saturated rings. The van der Waals surface area contributed by atoms with Crippen molar-refractivity contribution in [2.24, 2.45) is 0 Å². The summed E-state index contributed by atoms with van der Waals surface area (Å²) in [5.74, 6) is -1.48. The molecule has 0 bridgehead atoms. The summed E-state index contributed by atoms with van der Waals surface area (Å²) < 4.78 is 10.1. The Kier molecular flexibility index (Phi) is 9.71. The number of carbonyl (C=O) groups excluding carboxylic acids is 1. The van der Waals surface area contributed by atoms with Crippen LogP contribution in [0.4, 0.5) is 0 Å². The lowest BCUT2D eigenvalue weighted by atomic mass is 10.1.